The molecule has 0 saturated heterocycles. The van der Waals surface area contributed by atoms with Gasteiger partial charge in [0.05, 0.1) is 0 Å². The molecule has 1 aliphatic rings. The van der Waals surface area contributed by atoms with Crippen LogP contribution in [0.2, 0.25) is 0 Å². The molecule has 0 radical (unpaired) electrons. The maximum Gasteiger partial charge on any atom is 0.00922 e. The molecule has 1 unspecified atom stereocenters. The van der Waals surface area contributed by atoms with Crippen LogP contribution in [0.15, 0.2) is 0 Å². The monoisotopic (exact) mass is 240 g/mol. The predicted octanol–water partition coefficient (Wildman–Crippen LogP) is 3.41. The van der Waals surface area contributed by atoms with Crippen molar-refractivity contribution < 1.29 is 0 Å². The summed E-state index contributed by atoms with van der Waals surface area (Å²) in [4.78, 5) is 2.60. The first kappa shape index (κ1) is 15.0. The van der Waals surface area contributed by atoms with Gasteiger partial charge in [0, 0.05) is 6.04 Å². The fraction of sp³-hybridized carbons (Fsp3) is 1.00. The van der Waals surface area contributed by atoms with Gasteiger partial charge in [0.1, 0.15) is 0 Å². The van der Waals surface area contributed by atoms with Crippen molar-refractivity contribution >= 4 is 0 Å². The quantitative estimate of drug-likeness (QED) is 0.669. The van der Waals surface area contributed by atoms with Crippen LogP contribution in [0.4, 0.5) is 0 Å². The van der Waals surface area contributed by atoms with E-state index in [9.17, 15) is 0 Å². The molecular weight excluding hydrogens is 208 g/mol. The molecule has 2 nitrogen and oxygen atoms in total. The van der Waals surface area contributed by atoms with Crippen molar-refractivity contribution in [1.29, 1.82) is 0 Å². The summed E-state index contributed by atoms with van der Waals surface area (Å²) < 4.78 is 0. The smallest absolute Gasteiger partial charge is 0.00922 e. The Morgan fingerprint density at radius 2 is 1.88 bits per heavy atom. The molecule has 2 heteroatoms. The molecule has 1 rings (SSSR count). The van der Waals surface area contributed by atoms with Crippen LogP contribution in [0.1, 0.15) is 64.7 Å². The number of hydrogen-bond donors (Lipinski definition) is 1. The summed E-state index contributed by atoms with van der Waals surface area (Å²) in [5.41, 5.74) is 5.68. The number of nitrogens with zero attached hydrogens (tertiary/aromatic N) is 1. The molecule has 0 aromatic heterocycles. The van der Waals surface area contributed by atoms with Gasteiger partial charge in [0.25, 0.3) is 0 Å². The molecule has 0 aliphatic heterocycles. The van der Waals surface area contributed by atoms with Gasteiger partial charge in [-0.05, 0) is 58.2 Å². The molecule has 0 bridgehead atoms. The lowest BCUT2D eigenvalue weighted by molar-refractivity contribution is 0.232. The summed E-state index contributed by atoms with van der Waals surface area (Å²) in [7, 11) is 2.31. The third-order valence-electron chi connectivity index (χ3n) is 4.34. The van der Waals surface area contributed by atoms with Crippen LogP contribution in [0.3, 0.4) is 0 Å². The average molecular weight is 240 g/mol. The van der Waals surface area contributed by atoms with Crippen molar-refractivity contribution in [2.45, 2.75) is 70.8 Å². The number of nitrogens with two attached hydrogens (primary N) is 1. The van der Waals surface area contributed by atoms with Gasteiger partial charge in [0.15, 0.2) is 0 Å². The number of rotatable bonds is 9. The maximum absolute atomic E-state index is 5.68. The third-order valence-corrected chi connectivity index (χ3v) is 4.34. The molecule has 1 atom stereocenters. The van der Waals surface area contributed by atoms with E-state index in [0.717, 1.165) is 18.5 Å². The minimum absolute atomic E-state index is 0.864. The summed E-state index contributed by atoms with van der Waals surface area (Å²) in [6.45, 7) is 4.44. The minimum Gasteiger partial charge on any atom is -0.330 e. The second-order valence-electron chi connectivity index (χ2n) is 5.79. The Hall–Kier alpha value is -0.0800. The largest absolute Gasteiger partial charge is 0.330 e. The highest BCUT2D eigenvalue weighted by Gasteiger charge is 2.19. The SMILES string of the molecule is CCCC(CCN)CCCN(C)C1CCCC1. The lowest BCUT2D eigenvalue weighted by Gasteiger charge is -2.25. The Morgan fingerprint density at radius 3 is 2.47 bits per heavy atom. The molecule has 0 aromatic carbocycles. The van der Waals surface area contributed by atoms with Gasteiger partial charge in [-0.15, -0.1) is 0 Å². The van der Waals surface area contributed by atoms with Crippen molar-refractivity contribution in [2.24, 2.45) is 11.7 Å². The predicted molar refractivity (Wildman–Crippen MR) is 76.2 cm³/mol. The van der Waals surface area contributed by atoms with E-state index in [1.807, 2.05) is 0 Å². The Kier molecular flexibility index (Phi) is 7.87. The molecule has 17 heavy (non-hydrogen) atoms. The molecule has 1 fully saturated rings. The van der Waals surface area contributed by atoms with Gasteiger partial charge in [-0.25, -0.2) is 0 Å². The Morgan fingerprint density at radius 1 is 1.18 bits per heavy atom. The van der Waals surface area contributed by atoms with Crippen LogP contribution in [0, 0.1) is 5.92 Å². The second kappa shape index (κ2) is 8.93. The van der Waals surface area contributed by atoms with E-state index in [1.54, 1.807) is 0 Å². The van der Waals surface area contributed by atoms with Crippen LogP contribution in [-0.4, -0.2) is 31.1 Å². The van der Waals surface area contributed by atoms with Gasteiger partial charge in [0.2, 0.25) is 0 Å². The normalized spacial score (nSPS) is 19.1. The molecule has 0 aromatic rings. The Balaban J connectivity index is 2.11. The van der Waals surface area contributed by atoms with E-state index in [2.05, 4.69) is 18.9 Å². The summed E-state index contributed by atoms with van der Waals surface area (Å²) in [5, 5.41) is 0. The van der Waals surface area contributed by atoms with Crippen molar-refractivity contribution in [3.63, 3.8) is 0 Å². The second-order valence-corrected chi connectivity index (χ2v) is 5.79. The highest BCUT2D eigenvalue weighted by atomic mass is 15.1. The minimum atomic E-state index is 0.864. The fourth-order valence-corrected chi connectivity index (χ4v) is 3.23. The van der Waals surface area contributed by atoms with Crippen molar-refractivity contribution in [1.82, 2.24) is 4.90 Å². The first-order chi connectivity index (χ1) is 8.27. The van der Waals surface area contributed by atoms with Gasteiger partial charge in [-0.2, -0.15) is 0 Å². The van der Waals surface area contributed by atoms with Gasteiger partial charge in [-0.3, -0.25) is 0 Å². The third kappa shape index (κ3) is 5.87. The van der Waals surface area contributed by atoms with E-state index < -0.39 is 0 Å². The van der Waals surface area contributed by atoms with Crippen LogP contribution >= 0.6 is 0 Å². The summed E-state index contributed by atoms with van der Waals surface area (Å²) in [6.07, 6.45) is 12.4. The molecule has 2 N–H and O–H groups in total. The highest BCUT2D eigenvalue weighted by Crippen LogP contribution is 2.23. The summed E-state index contributed by atoms with van der Waals surface area (Å²) in [5.74, 6) is 0.877. The molecule has 0 amide bonds. The van der Waals surface area contributed by atoms with Crippen LogP contribution in [0.5, 0.6) is 0 Å². The summed E-state index contributed by atoms with van der Waals surface area (Å²) >= 11 is 0. The standard InChI is InChI=1S/C15H32N2/c1-3-7-14(11-12-16)8-6-13-17(2)15-9-4-5-10-15/h14-15H,3-13,16H2,1-2H3. The van der Waals surface area contributed by atoms with Crippen LogP contribution in [0.25, 0.3) is 0 Å². The Labute approximate surface area is 108 Å². The zero-order valence-electron chi connectivity index (χ0n) is 12.0. The maximum atomic E-state index is 5.68. The molecule has 102 valence electrons. The van der Waals surface area contributed by atoms with Crippen molar-refractivity contribution in [2.75, 3.05) is 20.1 Å². The van der Waals surface area contributed by atoms with Crippen LogP contribution < -0.4 is 5.73 Å². The van der Waals surface area contributed by atoms with E-state index in [-0.39, 0.29) is 0 Å². The number of hydrogen-bond acceptors (Lipinski definition) is 2. The van der Waals surface area contributed by atoms with E-state index in [1.165, 1.54) is 64.3 Å². The van der Waals surface area contributed by atoms with Crippen LogP contribution in [-0.2, 0) is 0 Å². The molecule has 1 saturated carbocycles. The van der Waals surface area contributed by atoms with E-state index >= 15 is 0 Å². The lowest BCUT2D eigenvalue weighted by Crippen LogP contribution is -2.30. The van der Waals surface area contributed by atoms with Gasteiger partial charge >= 0.3 is 0 Å². The van der Waals surface area contributed by atoms with Gasteiger partial charge < -0.3 is 10.6 Å². The molecule has 0 heterocycles. The van der Waals surface area contributed by atoms with Gasteiger partial charge in [-0.1, -0.05) is 32.6 Å². The zero-order chi connectivity index (χ0) is 12.5. The zero-order valence-corrected chi connectivity index (χ0v) is 12.0. The Bertz CT molecular complexity index is 168. The molecular formula is C15H32N2. The first-order valence-electron chi connectivity index (χ1n) is 7.68. The van der Waals surface area contributed by atoms with Crippen molar-refractivity contribution in [3.05, 3.63) is 0 Å². The molecule has 0 spiro atoms. The summed E-state index contributed by atoms with van der Waals surface area (Å²) in [6, 6.07) is 0.883. The highest BCUT2D eigenvalue weighted by molar-refractivity contribution is 4.75. The van der Waals surface area contributed by atoms with Crippen molar-refractivity contribution in [3.8, 4) is 0 Å². The van der Waals surface area contributed by atoms with E-state index in [0.29, 0.717) is 0 Å². The average Bonchev–Trinajstić information content (AvgIpc) is 2.83. The molecule has 1 aliphatic carbocycles. The first-order valence-corrected chi connectivity index (χ1v) is 7.68. The lowest BCUT2D eigenvalue weighted by atomic mass is 9.94. The fourth-order valence-electron chi connectivity index (χ4n) is 3.23. The van der Waals surface area contributed by atoms with E-state index in [4.69, 9.17) is 5.73 Å². The topological polar surface area (TPSA) is 29.3 Å².